The van der Waals surface area contributed by atoms with Crippen molar-refractivity contribution in [2.75, 3.05) is 27.7 Å². The van der Waals surface area contributed by atoms with Crippen LogP contribution in [0.4, 0.5) is 0 Å². The number of halogens is 1. The van der Waals surface area contributed by atoms with Gasteiger partial charge in [-0.15, -0.1) is 0 Å². The standard InChI is InChI=1S/C10H20N2O.BrH/c1-6-9(8-12(3,4)5)11-10(13)7-2;/h7,9H,2,6,8H2,1,3-5H3;1H. The van der Waals surface area contributed by atoms with Crippen LogP contribution in [0.25, 0.3) is 0 Å². The maximum absolute atomic E-state index is 11.0. The quantitative estimate of drug-likeness (QED) is 0.443. The van der Waals surface area contributed by atoms with Crippen LogP contribution in [0.1, 0.15) is 13.3 Å². The number of quaternary nitrogens is 1. The summed E-state index contributed by atoms with van der Waals surface area (Å²) in [7, 11) is 6.34. The molecule has 0 bridgehead atoms. The largest absolute Gasteiger partial charge is 1.00 e. The fourth-order valence-corrected chi connectivity index (χ4v) is 1.20. The van der Waals surface area contributed by atoms with E-state index in [1.165, 1.54) is 6.08 Å². The van der Waals surface area contributed by atoms with E-state index in [4.69, 9.17) is 0 Å². The van der Waals surface area contributed by atoms with E-state index in [2.05, 4.69) is 40.0 Å². The Morgan fingerprint density at radius 2 is 2.00 bits per heavy atom. The van der Waals surface area contributed by atoms with Crippen LogP contribution in [-0.4, -0.2) is 44.1 Å². The van der Waals surface area contributed by atoms with Crippen molar-refractivity contribution in [2.24, 2.45) is 0 Å². The topological polar surface area (TPSA) is 29.1 Å². The summed E-state index contributed by atoms with van der Waals surface area (Å²) in [6.07, 6.45) is 2.27. The van der Waals surface area contributed by atoms with Crippen molar-refractivity contribution in [1.82, 2.24) is 5.32 Å². The Balaban J connectivity index is 0. The fourth-order valence-electron chi connectivity index (χ4n) is 1.20. The van der Waals surface area contributed by atoms with E-state index in [9.17, 15) is 4.79 Å². The van der Waals surface area contributed by atoms with Gasteiger partial charge in [0, 0.05) is 0 Å². The zero-order valence-corrected chi connectivity index (χ0v) is 11.1. The van der Waals surface area contributed by atoms with E-state index in [0.717, 1.165) is 17.4 Å². The highest BCUT2D eigenvalue weighted by Gasteiger charge is 2.16. The summed E-state index contributed by atoms with van der Waals surface area (Å²) in [6, 6.07) is 0.241. The van der Waals surface area contributed by atoms with Crippen LogP contribution in [-0.2, 0) is 4.79 Å². The summed E-state index contributed by atoms with van der Waals surface area (Å²) in [4.78, 5) is 11.0. The highest BCUT2D eigenvalue weighted by atomic mass is 79.9. The molecule has 4 heteroatoms. The number of nitrogens with one attached hydrogen (secondary N) is 1. The molecule has 1 unspecified atom stereocenters. The summed E-state index contributed by atoms with van der Waals surface area (Å²) < 4.78 is 0.857. The molecular weight excluding hydrogens is 244 g/mol. The van der Waals surface area contributed by atoms with E-state index in [-0.39, 0.29) is 28.9 Å². The monoisotopic (exact) mass is 264 g/mol. The Bertz CT molecular complexity index is 187. The SMILES string of the molecule is C=CC(=O)NC(CC)C[N+](C)(C)C.[Br-]. The molecule has 1 atom stereocenters. The van der Waals surface area contributed by atoms with Gasteiger partial charge in [-0.05, 0) is 12.5 Å². The van der Waals surface area contributed by atoms with Gasteiger partial charge in [0.25, 0.3) is 0 Å². The van der Waals surface area contributed by atoms with E-state index in [0.29, 0.717) is 0 Å². The number of hydrogen-bond donors (Lipinski definition) is 1. The first-order chi connectivity index (χ1) is 5.89. The lowest BCUT2D eigenvalue weighted by atomic mass is 10.2. The predicted molar refractivity (Wildman–Crippen MR) is 55.3 cm³/mol. The molecule has 3 nitrogen and oxygen atoms in total. The number of rotatable bonds is 5. The molecule has 0 aliphatic heterocycles. The molecule has 84 valence electrons. The van der Waals surface area contributed by atoms with Gasteiger partial charge in [0.05, 0.1) is 33.7 Å². The van der Waals surface area contributed by atoms with Gasteiger partial charge in [-0.1, -0.05) is 13.5 Å². The Morgan fingerprint density at radius 1 is 1.50 bits per heavy atom. The second-order valence-corrected chi connectivity index (χ2v) is 4.29. The minimum atomic E-state index is -0.0831. The van der Waals surface area contributed by atoms with Gasteiger partial charge in [0.1, 0.15) is 0 Å². The predicted octanol–water partition coefficient (Wildman–Crippen LogP) is -2.22. The lowest BCUT2D eigenvalue weighted by Crippen LogP contribution is -3.00. The van der Waals surface area contributed by atoms with E-state index in [1.807, 2.05) is 0 Å². The third-order valence-electron chi connectivity index (χ3n) is 1.79. The first kappa shape index (κ1) is 16.1. The molecule has 0 rings (SSSR count). The van der Waals surface area contributed by atoms with Crippen molar-refractivity contribution >= 4 is 5.91 Å². The molecule has 0 heterocycles. The van der Waals surface area contributed by atoms with Crippen LogP contribution >= 0.6 is 0 Å². The molecule has 0 aromatic carbocycles. The van der Waals surface area contributed by atoms with E-state index >= 15 is 0 Å². The Morgan fingerprint density at radius 3 is 2.29 bits per heavy atom. The van der Waals surface area contributed by atoms with Gasteiger partial charge in [0.2, 0.25) is 5.91 Å². The third kappa shape index (κ3) is 8.26. The van der Waals surface area contributed by atoms with Crippen molar-refractivity contribution in [3.8, 4) is 0 Å². The number of amides is 1. The summed E-state index contributed by atoms with van der Waals surface area (Å²) in [6.45, 7) is 6.44. The molecule has 0 aromatic rings. The van der Waals surface area contributed by atoms with Gasteiger partial charge in [-0.25, -0.2) is 0 Å². The number of carbonyl (C=O) groups excluding carboxylic acids is 1. The fraction of sp³-hybridized carbons (Fsp3) is 0.700. The first-order valence-electron chi connectivity index (χ1n) is 4.62. The highest BCUT2D eigenvalue weighted by Crippen LogP contribution is 1.98. The molecule has 0 spiro atoms. The first-order valence-corrected chi connectivity index (χ1v) is 4.62. The van der Waals surface area contributed by atoms with Gasteiger partial charge in [-0.2, -0.15) is 0 Å². The highest BCUT2D eigenvalue weighted by molar-refractivity contribution is 5.87. The zero-order valence-electron chi connectivity index (χ0n) is 9.51. The summed E-state index contributed by atoms with van der Waals surface area (Å²) in [5.74, 6) is -0.0831. The van der Waals surface area contributed by atoms with E-state index in [1.54, 1.807) is 0 Å². The molecule has 14 heavy (non-hydrogen) atoms. The molecule has 0 aliphatic rings. The second-order valence-electron chi connectivity index (χ2n) is 4.29. The minimum absolute atomic E-state index is 0. The summed E-state index contributed by atoms with van der Waals surface area (Å²) in [5.41, 5.74) is 0. The van der Waals surface area contributed by atoms with E-state index < -0.39 is 0 Å². The Labute approximate surface area is 97.5 Å². The van der Waals surface area contributed by atoms with Crippen LogP contribution in [0.2, 0.25) is 0 Å². The minimum Gasteiger partial charge on any atom is -1.00 e. The molecule has 0 aromatic heterocycles. The molecule has 0 fully saturated rings. The van der Waals surface area contributed by atoms with Crippen molar-refractivity contribution in [2.45, 2.75) is 19.4 Å². The smallest absolute Gasteiger partial charge is 0.243 e. The van der Waals surface area contributed by atoms with Crippen molar-refractivity contribution in [3.63, 3.8) is 0 Å². The summed E-state index contributed by atoms with van der Waals surface area (Å²) >= 11 is 0. The maximum atomic E-state index is 11.0. The van der Waals surface area contributed by atoms with Crippen molar-refractivity contribution in [3.05, 3.63) is 12.7 Å². The third-order valence-corrected chi connectivity index (χ3v) is 1.79. The van der Waals surface area contributed by atoms with Crippen LogP contribution in [0.5, 0.6) is 0 Å². The van der Waals surface area contributed by atoms with Crippen LogP contribution in [0, 0.1) is 0 Å². The maximum Gasteiger partial charge on any atom is 0.243 e. The lowest BCUT2D eigenvalue weighted by molar-refractivity contribution is -0.871. The Kier molecular flexibility index (Phi) is 8.06. The average molecular weight is 265 g/mol. The number of likely N-dealkylation sites (N-methyl/N-ethyl adjacent to an activating group) is 1. The van der Waals surface area contributed by atoms with Crippen LogP contribution < -0.4 is 22.3 Å². The van der Waals surface area contributed by atoms with Gasteiger partial charge >= 0.3 is 0 Å². The molecule has 0 saturated carbocycles. The zero-order chi connectivity index (χ0) is 10.5. The second kappa shape index (κ2) is 7.01. The number of nitrogens with zero attached hydrogens (tertiary/aromatic N) is 1. The number of carbonyl (C=O) groups is 1. The number of hydrogen-bond acceptors (Lipinski definition) is 1. The molecule has 0 saturated heterocycles. The normalized spacial score (nSPS) is 12.6. The lowest BCUT2D eigenvalue weighted by Gasteiger charge is -2.28. The average Bonchev–Trinajstić information content (AvgIpc) is 2.00. The van der Waals surface area contributed by atoms with Crippen molar-refractivity contribution < 1.29 is 26.3 Å². The summed E-state index contributed by atoms with van der Waals surface area (Å²) in [5, 5.41) is 2.90. The molecular formula is C10H21BrN2O. The van der Waals surface area contributed by atoms with Crippen molar-refractivity contribution in [1.29, 1.82) is 0 Å². The molecule has 0 radical (unpaired) electrons. The van der Waals surface area contributed by atoms with Crippen LogP contribution in [0.15, 0.2) is 12.7 Å². The molecule has 1 N–H and O–H groups in total. The van der Waals surface area contributed by atoms with Gasteiger partial charge in [-0.3, -0.25) is 4.79 Å². The van der Waals surface area contributed by atoms with Gasteiger partial charge in [0.15, 0.2) is 0 Å². The molecule has 1 amide bonds. The molecule has 0 aliphatic carbocycles. The van der Waals surface area contributed by atoms with Gasteiger partial charge < -0.3 is 26.8 Å². The Hall–Kier alpha value is -0.350. The van der Waals surface area contributed by atoms with Crippen LogP contribution in [0.3, 0.4) is 0 Å².